The van der Waals surface area contributed by atoms with Crippen molar-refractivity contribution in [1.29, 1.82) is 0 Å². The van der Waals surface area contributed by atoms with E-state index in [1.807, 2.05) is 67.6 Å². The number of carbonyl (C=O) groups is 1. The molecule has 5 aromatic rings. The predicted octanol–water partition coefficient (Wildman–Crippen LogP) is 4.93. The van der Waals surface area contributed by atoms with Crippen LogP contribution >= 0.6 is 11.3 Å². The van der Waals surface area contributed by atoms with Crippen LogP contribution in [0.2, 0.25) is 0 Å². The Labute approximate surface area is 223 Å². The lowest BCUT2D eigenvalue weighted by atomic mass is 9.91. The normalized spacial score (nSPS) is 15.7. The SMILES string of the molecule is CCOC(=O)C1=C(C)N=c2s/c(=C/c3cn(CC)c4ccccc34)c(=O)n2[C@H]1c1cccc2ccccc12. The van der Waals surface area contributed by atoms with Crippen LogP contribution in [0.15, 0.2) is 94.0 Å². The van der Waals surface area contributed by atoms with Crippen LogP contribution in [0.3, 0.4) is 0 Å². The van der Waals surface area contributed by atoms with Gasteiger partial charge in [-0.25, -0.2) is 9.79 Å². The third-order valence-corrected chi connectivity index (χ3v) is 8.06. The van der Waals surface area contributed by atoms with Crippen LogP contribution < -0.4 is 14.9 Å². The molecule has 0 spiro atoms. The summed E-state index contributed by atoms with van der Waals surface area (Å²) in [4.78, 5) is 32.7. The summed E-state index contributed by atoms with van der Waals surface area (Å²) in [5.74, 6) is -0.452. The average molecular weight is 522 g/mol. The monoisotopic (exact) mass is 521 g/mol. The zero-order valence-corrected chi connectivity index (χ0v) is 22.3. The van der Waals surface area contributed by atoms with Gasteiger partial charge in [0.2, 0.25) is 0 Å². The molecule has 0 bridgehead atoms. The van der Waals surface area contributed by atoms with Gasteiger partial charge < -0.3 is 9.30 Å². The minimum atomic E-state index is -0.643. The molecule has 6 rings (SSSR count). The molecule has 6 nitrogen and oxygen atoms in total. The molecule has 2 aromatic heterocycles. The van der Waals surface area contributed by atoms with Gasteiger partial charge in [-0.15, -0.1) is 0 Å². The first kappa shape index (κ1) is 24.1. The van der Waals surface area contributed by atoms with E-state index in [0.29, 0.717) is 20.6 Å². The molecule has 1 aliphatic heterocycles. The van der Waals surface area contributed by atoms with Crippen LogP contribution in [-0.4, -0.2) is 21.7 Å². The van der Waals surface area contributed by atoms with Gasteiger partial charge in [0.1, 0.15) is 0 Å². The molecule has 0 radical (unpaired) electrons. The largest absolute Gasteiger partial charge is 0.463 e. The molecule has 0 unspecified atom stereocenters. The molecule has 3 heterocycles. The lowest BCUT2D eigenvalue weighted by Crippen LogP contribution is -2.40. The first-order valence-corrected chi connectivity index (χ1v) is 13.6. The number of carbonyl (C=O) groups excluding carboxylic acids is 1. The number of hydrogen-bond donors (Lipinski definition) is 0. The van der Waals surface area contributed by atoms with E-state index in [1.165, 1.54) is 11.3 Å². The van der Waals surface area contributed by atoms with Crippen LogP contribution in [0.1, 0.15) is 37.9 Å². The fourth-order valence-corrected chi connectivity index (χ4v) is 6.41. The summed E-state index contributed by atoms with van der Waals surface area (Å²) in [6.45, 7) is 6.77. The molecule has 190 valence electrons. The van der Waals surface area contributed by atoms with Crippen molar-refractivity contribution in [3.63, 3.8) is 0 Å². The van der Waals surface area contributed by atoms with Crippen LogP contribution in [0.25, 0.3) is 27.8 Å². The predicted molar refractivity (Wildman–Crippen MR) is 152 cm³/mol. The van der Waals surface area contributed by atoms with Gasteiger partial charge in [0, 0.05) is 29.2 Å². The van der Waals surface area contributed by atoms with E-state index in [4.69, 9.17) is 9.73 Å². The highest BCUT2D eigenvalue weighted by Crippen LogP contribution is 2.34. The zero-order valence-electron chi connectivity index (χ0n) is 21.5. The van der Waals surface area contributed by atoms with Gasteiger partial charge in [-0.2, -0.15) is 0 Å². The van der Waals surface area contributed by atoms with E-state index < -0.39 is 12.0 Å². The second-order valence-corrected chi connectivity index (χ2v) is 10.3. The standard InChI is InChI=1S/C31H27N3O3S/c1-4-33-18-21(23-14-8-9-16-25(23)33)17-26-29(35)34-28(24-15-10-12-20-11-6-7-13-22(20)24)27(30(36)37-5-2)19(3)32-31(34)38-26/h6-18,28H,4-5H2,1-3H3/b26-17+/t28-/m0/s1. The smallest absolute Gasteiger partial charge is 0.338 e. The van der Waals surface area contributed by atoms with E-state index in [0.717, 1.165) is 39.3 Å². The molecule has 0 saturated heterocycles. The Morgan fingerprint density at radius 3 is 2.55 bits per heavy atom. The number of benzene rings is 3. The molecule has 0 N–H and O–H groups in total. The second-order valence-electron chi connectivity index (χ2n) is 9.26. The number of aromatic nitrogens is 2. The average Bonchev–Trinajstić information content (AvgIpc) is 3.44. The molecular weight excluding hydrogens is 494 g/mol. The fraction of sp³-hybridized carbons (Fsp3) is 0.194. The van der Waals surface area contributed by atoms with Gasteiger partial charge in [-0.05, 0) is 49.2 Å². The van der Waals surface area contributed by atoms with Crippen molar-refractivity contribution >= 4 is 45.1 Å². The Balaban J connectivity index is 1.63. The first-order chi connectivity index (χ1) is 18.5. The molecule has 1 aliphatic rings. The first-order valence-electron chi connectivity index (χ1n) is 12.8. The molecule has 0 amide bonds. The van der Waals surface area contributed by atoms with Gasteiger partial charge in [0.15, 0.2) is 4.80 Å². The van der Waals surface area contributed by atoms with Gasteiger partial charge in [0.25, 0.3) is 5.56 Å². The molecule has 38 heavy (non-hydrogen) atoms. The van der Waals surface area contributed by atoms with Crippen LogP contribution in [0, 0.1) is 0 Å². The number of thiazole rings is 1. The van der Waals surface area contributed by atoms with Crippen molar-refractivity contribution in [3.8, 4) is 0 Å². The Kier molecular flexibility index (Phi) is 6.08. The topological polar surface area (TPSA) is 65.6 Å². The molecule has 0 fully saturated rings. The van der Waals surface area contributed by atoms with Crippen molar-refractivity contribution in [2.45, 2.75) is 33.4 Å². The Morgan fingerprint density at radius 1 is 1.03 bits per heavy atom. The lowest BCUT2D eigenvalue weighted by molar-refractivity contribution is -0.139. The molecule has 7 heteroatoms. The Hall–Kier alpha value is -4.23. The Bertz CT molecular complexity index is 1940. The summed E-state index contributed by atoms with van der Waals surface area (Å²) in [6.07, 6.45) is 4.03. The highest BCUT2D eigenvalue weighted by Gasteiger charge is 2.34. The Morgan fingerprint density at radius 2 is 1.76 bits per heavy atom. The molecule has 1 atom stereocenters. The number of ether oxygens (including phenoxy) is 1. The van der Waals surface area contributed by atoms with Gasteiger partial charge >= 0.3 is 5.97 Å². The number of esters is 1. The maximum atomic E-state index is 14.1. The minimum absolute atomic E-state index is 0.172. The summed E-state index contributed by atoms with van der Waals surface area (Å²) in [5, 5.41) is 3.11. The van der Waals surface area contributed by atoms with Crippen molar-refractivity contribution in [2.24, 2.45) is 4.99 Å². The van der Waals surface area contributed by atoms with Crippen molar-refractivity contribution in [3.05, 3.63) is 115 Å². The molecular formula is C31H27N3O3S. The maximum Gasteiger partial charge on any atom is 0.338 e. The maximum absolute atomic E-state index is 14.1. The highest BCUT2D eigenvalue weighted by molar-refractivity contribution is 7.07. The van der Waals surface area contributed by atoms with Gasteiger partial charge in [-0.1, -0.05) is 72.0 Å². The van der Waals surface area contributed by atoms with Gasteiger partial charge in [0.05, 0.1) is 28.5 Å². The summed E-state index contributed by atoms with van der Waals surface area (Å²) < 4.78 is 9.88. The molecule has 3 aromatic carbocycles. The highest BCUT2D eigenvalue weighted by atomic mass is 32.1. The summed E-state index contributed by atoms with van der Waals surface area (Å²) in [6, 6.07) is 21.6. The minimum Gasteiger partial charge on any atom is -0.463 e. The van der Waals surface area contributed by atoms with E-state index in [-0.39, 0.29) is 12.2 Å². The second kappa shape index (κ2) is 9.58. The lowest BCUT2D eigenvalue weighted by Gasteiger charge is -2.25. The number of hydrogen-bond acceptors (Lipinski definition) is 5. The zero-order chi connectivity index (χ0) is 26.4. The fourth-order valence-electron chi connectivity index (χ4n) is 5.37. The molecule has 0 saturated carbocycles. The third-order valence-electron chi connectivity index (χ3n) is 7.08. The van der Waals surface area contributed by atoms with Crippen LogP contribution in [0.4, 0.5) is 0 Å². The summed E-state index contributed by atoms with van der Waals surface area (Å²) >= 11 is 1.35. The third kappa shape index (κ3) is 3.82. The van der Waals surface area contributed by atoms with E-state index in [2.05, 4.69) is 29.8 Å². The number of allylic oxidation sites excluding steroid dienone is 1. The van der Waals surface area contributed by atoms with Gasteiger partial charge in [-0.3, -0.25) is 9.36 Å². The number of rotatable bonds is 5. The molecule has 0 aliphatic carbocycles. The van der Waals surface area contributed by atoms with E-state index in [9.17, 15) is 9.59 Å². The van der Waals surface area contributed by atoms with E-state index >= 15 is 0 Å². The number of para-hydroxylation sites is 1. The summed E-state index contributed by atoms with van der Waals surface area (Å²) in [7, 11) is 0. The van der Waals surface area contributed by atoms with E-state index in [1.54, 1.807) is 11.5 Å². The van der Waals surface area contributed by atoms with Crippen molar-refractivity contribution in [2.75, 3.05) is 6.61 Å². The van der Waals surface area contributed by atoms with Crippen LogP contribution in [0.5, 0.6) is 0 Å². The quantitative estimate of drug-likeness (QED) is 0.308. The van der Waals surface area contributed by atoms with Crippen molar-refractivity contribution in [1.82, 2.24) is 9.13 Å². The van der Waals surface area contributed by atoms with Crippen molar-refractivity contribution < 1.29 is 9.53 Å². The number of nitrogens with zero attached hydrogens (tertiary/aromatic N) is 3. The summed E-state index contributed by atoms with van der Waals surface area (Å²) in [5.41, 5.74) is 3.77. The number of fused-ring (bicyclic) bond motifs is 3. The number of aryl methyl sites for hydroxylation is 1. The van der Waals surface area contributed by atoms with Crippen LogP contribution in [-0.2, 0) is 16.1 Å².